The minimum atomic E-state index is -4.79. The highest BCUT2D eigenvalue weighted by Crippen LogP contribution is 2.41. The number of nitrogens with one attached hydrogen (secondary N) is 1. The van der Waals surface area contributed by atoms with Crippen molar-refractivity contribution in [1.82, 2.24) is 4.98 Å². The standard InChI is InChI=1S/C28H22F3N3O4/c29-28(30,31)38-21-13-11-20(12-14-21)33-27(35)22-8-4-9-23-25(22)36-17-16-34(23)26-24(10-5-15-32-26)37-18-19-6-2-1-3-7-19/h1-15H,16-18H2,(H,33,35). The Balaban J connectivity index is 1.37. The van der Waals surface area contributed by atoms with Gasteiger partial charge in [0.05, 0.1) is 17.8 Å². The van der Waals surface area contributed by atoms with Crippen molar-refractivity contribution in [3.8, 4) is 17.2 Å². The van der Waals surface area contributed by atoms with Gasteiger partial charge in [0.15, 0.2) is 17.3 Å². The first-order valence-corrected chi connectivity index (χ1v) is 11.7. The van der Waals surface area contributed by atoms with Crippen LogP contribution in [-0.4, -0.2) is 30.4 Å². The summed E-state index contributed by atoms with van der Waals surface area (Å²) in [6, 6.07) is 23.5. The van der Waals surface area contributed by atoms with Crippen molar-refractivity contribution in [3.63, 3.8) is 0 Å². The van der Waals surface area contributed by atoms with Gasteiger partial charge >= 0.3 is 6.36 Å². The Bertz CT molecular complexity index is 1410. The highest BCUT2D eigenvalue weighted by molar-refractivity contribution is 6.07. The van der Waals surface area contributed by atoms with E-state index in [1.54, 1.807) is 24.4 Å². The normalized spacial score (nSPS) is 12.8. The van der Waals surface area contributed by atoms with E-state index in [1.807, 2.05) is 47.4 Å². The zero-order valence-electron chi connectivity index (χ0n) is 19.9. The molecule has 1 aliphatic rings. The summed E-state index contributed by atoms with van der Waals surface area (Å²) in [5.41, 5.74) is 2.23. The lowest BCUT2D eigenvalue weighted by atomic mass is 10.1. The van der Waals surface area contributed by atoms with Crippen LogP contribution in [0.2, 0.25) is 0 Å². The van der Waals surface area contributed by atoms with Crippen molar-refractivity contribution >= 4 is 23.1 Å². The number of rotatable bonds is 7. The number of nitrogens with zero attached hydrogens (tertiary/aromatic N) is 2. The number of para-hydroxylation sites is 1. The third kappa shape index (κ3) is 5.80. The van der Waals surface area contributed by atoms with Crippen molar-refractivity contribution in [2.24, 2.45) is 0 Å². The van der Waals surface area contributed by atoms with Gasteiger partial charge in [0.25, 0.3) is 5.91 Å². The van der Waals surface area contributed by atoms with E-state index in [0.717, 1.165) is 17.7 Å². The van der Waals surface area contributed by atoms with Gasteiger partial charge in [-0.1, -0.05) is 36.4 Å². The van der Waals surface area contributed by atoms with Crippen LogP contribution in [0.15, 0.2) is 91.1 Å². The maximum absolute atomic E-state index is 13.1. The van der Waals surface area contributed by atoms with Crippen LogP contribution >= 0.6 is 0 Å². The zero-order valence-corrected chi connectivity index (χ0v) is 19.9. The van der Waals surface area contributed by atoms with Gasteiger partial charge in [0.1, 0.15) is 19.0 Å². The molecule has 1 aliphatic heterocycles. The summed E-state index contributed by atoms with van der Waals surface area (Å²) >= 11 is 0. The van der Waals surface area contributed by atoms with Crippen LogP contribution in [0.4, 0.5) is 30.4 Å². The predicted octanol–water partition coefficient (Wildman–Crippen LogP) is 6.34. The molecular weight excluding hydrogens is 499 g/mol. The molecule has 0 atom stereocenters. The molecule has 194 valence electrons. The fraction of sp³-hybridized carbons (Fsp3) is 0.143. The molecule has 10 heteroatoms. The SMILES string of the molecule is O=C(Nc1ccc(OC(F)(F)F)cc1)c1cccc2c1OCCN2c1ncccc1OCc1ccccc1. The number of amides is 1. The lowest BCUT2D eigenvalue weighted by Gasteiger charge is -2.32. The van der Waals surface area contributed by atoms with Crippen LogP contribution in [-0.2, 0) is 6.61 Å². The van der Waals surface area contributed by atoms with E-state index in [4.69, 9.17) is 9.47 Å². The molecule has 0 bridgehead atoms. The maximum atomic E-state index is 13.1. The number of hydrogen-bond acceptors (Lipinski definition) is 6. The average molecular weight is 521 g/mol. The maximum Gasteiger partial charge on any atom is 0.573 e. The Labute approximate surface area is 216 Å². The van der Waals surface area contributed by atoms with Crippen molar-refractivity contribution in [2.45, 2.75) is 13.0 Å². The first kappa shape index (κ1) is 24.9. The minimum Gasteiger partial charge on any atom is -0.489 e. The smallest absolute Gasteiger partial charge is 0.489 e. The third-order valence-corrected chi connectivity index (χ3v) is 5.68. The predicted molar refractivity (Wildman–Crippen MR) is 135 cm³/mol. The number of anilines is 3. The van der Waals surface area contributed by atoms with E-state index in [9.17, 15) is 18.0 Å². The van der Waals surface area contributed by atoms with Gasteiger partial charge in [-0.3, -0.25) is 4.79 Å². The van der Waals surface area contributed by atoms with Gasteiger partial charge in [-0.25, -0.2) is 4.98 Å². The minimum absolute atomic E-state index is 0.269. The molecule has 0 unspecified atom stereocenters. The van der Waals surface area contributed by atoms with Crippen LogP contribution in [0.1, 0.15) is 15.9 Å². The summed E-state index contributed by atoms with van der Waals surface area (Å²) in [5.74, 6) is 0.681. The molecule has 1 aromatic heterocycles. The topological polar surface area (TPSA) is 72.9 Å². The summed E-state index contributed by atoms with van der Waals surface area (Å²) < 4.78 is 53.1. The largest absolute Gasteiger partial charge is 0.573 e. The molecule has 1 N–H and O–H groups in total. The first-order chi connectivity index (χ1) is 18.4. The molecule has 0 saturated carbocycles. The second-order valence-corrected chi connectivity index (χ2v) is 8.28. The number of hydrogen-bond donors (Lipinski definition) is 1. The lowest BCUT2D eigenvalue weighted by Crippen LogP contribution is -2.31. The fourth-order valence-corrected chi connectivity index (χ4v) is 4.02. The van der Waals surface area contributed by atoms with E-state index in [2.05, 4.69) is 15.0 Å². The quantitative estimate of drug-likeness (QED) is 0.306. The van der Waals surface area contributed by atoms with Crippen LogP contribution in [0, 0.1) is 0 Å². The highest BCUT2D eigenvalue weighted by Gasteiger charge is 2.31. The molecule has 0 saturated heterocycles. The van der Waals surface area contributed by atoms with Crippen molar-refractivity contribution < 1.29 is 32.2 Å². The van der Waals surface area contributed by atoms with Gasteiger partial charge < -0.3 is 24.4 Å². The highest BCUT2D eigenvalue weighted by atomic mass is 19.4. The number of carbonyl (C=O) groups is 1. The van der Waals surface area contributed by atoms with Crippen molar-refractivity contribution in [2.75, 3.05) is 23.4 Å². The molecule has 3 aromatic carbocycles. The Morgan fingerprint density at radius 1 is 0.974 bits per heavy atom. The third-order valence-electron chi connectivity index (χ3n) is 5.68. The van der Waals surface area contributed by atoms with E-state index >= 15 is 0 Å². The van der Waals surface area contributed by atoms with Crippen LogP contribution < -0.4 is 24.4 Å². The summed E-state index contributed by atoms with van der Waals surface area (Å²) in [5, 5.41) is 2.69. The average Bonchev–Trinajstić information content (AvgIpc) is 2.92. The molecule has 0 aliphatic carbocycles. The molecule has 5 rings (SSSR count). The lowest BCUT2D eigenvalue weighted by molar-refractivity contribution is -0.274. The summed E-state index contributed by atoms with van der Waals surface area (Å²) in [6.45, 7) is 1.15. The molecule has 38 heavy (non-hydrogen) atoms. The van der Waals surface area contributed by atoms with Gasteiger partial charge in [0, 0.05) is 11.9 Å². The van der Waals surface area contributed by atoms with E-state index < -0.39 is 12.3 Å². The molecule has 4 aromatic rings. The fourth-order valence-electron chi connectivity index (χ4n) is 4.02. The van der Waals surface area contributed by atoms with Crippen LogP contribution in [0.3, 0.4) is 0 Å². The van der Waals surface area contributed by atoms with Gasteiger partial charge in [-0.2, -0.15) is 0 Å². The number of ether oxygens (including phenoxy) is 3. The Morgan fingerprint density at radius 3 is 2.53 bits per heavy atom. The molecule has 0 spiro atoms. The zero-order chi connectivity index (χ0) is 26.5. The monoisotopic (exact) mass is 521 g/mol. The van der Waals surface area contributed by atoms with Gasteiger partial charge in [-0.05, 0) is 54.1 Å². The number of benzene rings is 3. The Hall–Kier alpha value is -4.73. The van der Waals surface area contributed by atoms with E-state index in [-0.39, 0.29) is 11.3 Å². The Morgan fingerprint density at radius 2 is 1.76 bits per heavy atom. The summed E-state index contributed by atoms with van der Waals surface area (Å²) in [4.78, 5) is 19.6. The van der Waals surface area contributed by atoms with E-state index in [0.29, 0.717) is 48.5 Å². The molecule has 7 nitrogen and oxygen atoms in total. The number of aromatic nitrogens is 1. The van der Waals surface area contributed by atoms with E-state index in [1.165, 1.54) is 12.1 Å². The van der Waals surface area contributed by atoms with Crippen molar-refractivity contribution in [3.05, 3.63) is 102 Å². The summed E-state index contributed by atoms with van der Waals surface area (Å²) in [6.07, 6.45) is -3.13. The van der Waals surface area contributed by atoms with Crippen LogP contribution in [0.5, 0.6) is 17.2 Å². The first-order valence-electron chi connectivity index (χ1n) is 11.7. The van der Waals surface area contributed by atoms with Crippen LogP contribution in [0.25, 0.3) is 0 Å². The molecule has 1 amide bonds. The number of halogens is 3. The number of fused-ring (bicyclic) bond motifs is 1. The second-order valence-electron chi connectivity index (χ2n) is 8.28. The van der Waals surface area contributed by atoms with Gasteiger partial charge in [-0.15, -0.1) is 13.2 Å². The number of alkyl halides is 3. The second kappa shape index (κ2) is 10.7. The number of carbonyl (C=O) groups excluding carboxylic acids is 1. The molecule has 0 fully saturated rings. The molecule has 0 radical (unpaired) electrons. The van der Waals surface area contributed by atoms with Gasteiger partial charge in [0.2, 0.25) is 0 Å². The molecular formula is C28H22F3N3O4. The summed E-state index contributed by atoms with van der Waals surface area (Å²) in [7, 11) is 0. The number of pyridine rings is 1. The van der Waals surface area contributed by atoms with Crippen molar-refractivity contribution in [1.29, 1.82) is 0 Å². The molecule has 2 heterocycles. The Kier molecular flexibility index (Phi) is 7.03.